The molecule has 0 aliphatic heterocycles. The van der Waals surface area contributed by atoms with E-state index < -0.39 is 0 Å². The van der Waals surface area contributed by atoms with Gasteiger partial charge in [-0.05, 0) is 55.3 Å². The second-order valence-corrected chi connectivity index (χ2v) is 6.24. The smallest absolute Gasteiger partial charge is 0.212 e. The van der Waals surface area contributed by atoms with Crippen LogP contribution in [-0.4, -0.2) is 0 Å². The molecule has 3 heteroatoms. The maximum absolute atomic E-state index is 9.32. The summed E-state index contributed by atoms with van der Waals surface area (Å²) in [5.74, 6) is 0. The Morgan fingerprint density at radius 2 is 1.67 bits per heavy atom. The van der Waals surface area contributed by atoms with Crippen molar-refractivity contribution >= 4 is 21.9 Å². The molecule has 0 radical (unpaired) electrons. The van der Waals surface area contributed by atoms with Crippen LogP contribution in [0.1, 0.15) is 16.7 Å². The zero-order chi connectivity index (χ0) is 16.8. The first-order chi connectivity index (χ1) is 11.6. The molecule has 0 saturated carbocycles. The van der Waals surface area contributed by atoms with E-state index in [9.17, 15) is 5.26 Å². The minimum absolute atomic E-state index is 0.692. The van der Waals surface area contributed by atoms with Crippen molar-refractivity contribution in [1.29, 1.82) is 5.26 Å². The van der Waals surface area contributed by atoms with Gasteiger partial charge in [-0.15, -0.1) is 0 Å². The number of pyridine rings is 1. The number of aromatic nitrogens is 1. The van der Waals surface area contributed by atoms with Crippen LogP contribution in [0.2, 0.25) is 0 Å². The molecule has 0 unspecified atom stereocenters. The van der Waals surface area contributed by atoms with Gasteiger partial charge in [-0.3, -0.25) is 0 Å². The van der Waals surface area contributed by atoms with Crippen LogP contribution in [0.25, 0.3) is 33.2 Å². The molecule has 0 aliphatic carbocycles. The molecule has 0 aliphatic rings. The summed E-state index contributed by atoms with van der Waals surface area (Å²) in [7, 11) is 2.05. The Labute approximate surface area is 140 Å². The summed E-state index contributed by atoms with van der Waals surface area (Å²) in [6.45, 7) is 4.03. The lowest BCUT2D eigenvalue weighted by molar-refractivity contribution is -0.660. The van der Waals surface area contributed by atoms with Crippen LogP contribution in [0.15, 0.2) is 53.1 Å². The minimum Gasteiger partial charge on any atom is -0.456 e. The monoisotopic (exact) mass is 313 g/mol. The van der Waals surface area contributed by atoms with E-state index in [2.05, 4.69) is 35.8 Å². The van der Waals surface area contributed by atoms with Gasteiger partial charge in [0.15, 0.2) is 6.20 Å². The molecule has 0 bridgehead atoms. The molecule has 2 aromatic carbocycles. The van der Waals surface area contributed by atoms with Gasteiger partial charge in [0.1, 0.15) is 18.2 Å². The van der Waals surface area contributed by atoms with E-state index in [1.807, 2.05) is 44.4 Å². The quantitative estimate of drug-likeness (QED) is 0.483. The highest BCUT2D eigenvalue weighted by atomic mass is 16.3. The van der Waals surface area contributed by atoms with E-state index in [4.69, 9.17) is 4.42 Å². The van der Waals surface area contributed by atoms with Crippen molar-refractivity contribution in [3.63, 3.8) is 0 Å². The van der Waals surface area contributed by atoms with E-state index in [0.717, 1.165) is 33.2 Å². The van der Waals surface area contributed by atoms with Gasteiger partial charge in [-0.25, -0.2) is 4.57 Å². The summed E-state index contributed by atoms with van der Waals surface area (Å²) in [6, 6.07) is 16.6. The van der Waals surface area contributed by atoms with Crippen LogP contribution in [0.4, 0.5) is 0 Å². The van der Waals surface area contributed by atoms with Gasteiger partial charge in [-0.1, -0.05) is 0 Å². The molecule has 116 valence electrons. The Hall–Kier alpha value is -3.12. The highest BCUT2D eigenvalue weighted by molar-refractivity contribution is 6.07. The largest absolute Gasteiger partial charge is 0.456 e. The number of hydrogen-bond donors (Lipinski definition) is 0. The number of nitriles is 1. The van der Waals surface area contributed by atoms with E-state index in [1.54, 1.807) is 0 Å². The molecular formula is C21H17N2O+. The SMILES string of the molecule is Cc1cc2oc3cc(C)c(-c4cccc[n+]4C)cc3c2cc1C#N. The number of rotatable bonds is 1. The molecule has 24 heavy (non-hydrogen) atoms. The number of nitrogens with zero attached hydrogens (tertiary/aromatic N) is 2. The van der Waals surface area contributed by atoms with Crippen molar-refractivity contribution in [2.45, 2.75) is 13.8 Å². The molecule has 0 fully saturated rings. The molecule has 0 atom stereocenters. The maximum atomic E-state index is 9.32. The van der Waals surface area contributed by atoms with Crippen molar-refractivity contribution in [2.75, 3.05) is 0 Å². The number of furan rings is 1. The zero-order valence-corrected chi connectivity index (χ0v) is 13.9. The average Bonchev–Trinajstić information content (AvgIpc) is 2.89. The topological polar surface area (TPSA) is 40.8 Å². The minimum atomic E-state index is 0.692. The van der Waals surface area contributed by atoms with Crippen LogP contribution in [-0.2, 0) is 7.05 Å². The Morgan fingerprint density at radius 3 is 2.38 bits per heavy atom. The average molecular weight is 313 g/mol. The molecule has 4 aromatic rings. The Bertz CT molecular complexity index is 1150. The van der Waals surface area contributed by atoms with Gasteiger partial charge >= 0.3 is 0 Å². The van der Waals surface area contributed by atoms with Crippen LogP contribution < -0.4 is 4.57 Å². The van der Waals surface area contributed by atoms with Crippen LogP contribution in [0, 0.1) is 25.2 Å². The Morgan fingerprint density at radius 1 is 0.958 bits per heavy atom. The highest BCUT2D eigenvalue weighted by Crippen LogP contribution is 2.35. The molecule has 0 saturated heterocycles. The van der Waals surface area contributed by atoms with E-state index in [1.165, 1.54) is 11.1 Å². The molecule has 0 amide bonds. The number of benzene rings is 2. The fourth-order valence-corrected chi connectivity index (χ4v) is 3.27. The Kier molecular flexibility index (Phi) is 3.14. The van der Waals surface area contributed by atoms with E-state index in [-0.39, 0.29) is 0 Å². The third kappa shape index (κ3) is 2.08. The van der Waals surface area contributed by atoms with Gasteiger partial charge < -0.3 is 4.42 Å². The molecule has 2 heterocycles. The van der Waals surface area contributed by atoms with Crippen LogP contribution in [0.3, 0.4) is 0 Å². The third-order valence-electron chi connectivity index (χ3n) is 4.61. The zero-order valence-electron chi connectivity index (χ0n) is 13.9. The van der Waals surface area contributed by atoms with Crippen molar-refractivity contribution in [1.82, 2.24) is 0 Å². The molecular weight excluding hydrogens is 296 g/mol. The molecule has 2 aromatic heterocycles. The standard InChI is InChI=1S/C21H17N2O/c1-13-8-20-17(10-15(13)12-22)18-11-16(14(2)9-21(18)24-20)19-6-4-5-7-23(19)3/h4-11H,1-3H3/q+1. The number of fused-ring (bicyclic) bond motifs is 3. The second-order valence-electron chi connectivity index (χ2n) is 6.24. The first-order valence-corrected chi connectivity index (χ1v) is 7.91. The highest BCUT2D eigenvalue weighted by Gasteiger charge is 2.16. The lowest BCUT2D eigenvalue weighted by atomic mass is 9.99. The molecule has 4 rings (SSSR count). The summed E-state index contributed by atoms with van der Waals surface area (Å²) < 4.78 is 8.13. The number of aryl methyl sites for hydroxylation is 3. The van der Waals surface area contributed by atoms with E-state index in [0.29, 0.717) is 5.56 Å². The lowest BCUT2D eigenvalue weighted by Gasteiger charge is -2.04. The fourth-order valence-electron chi connectivity index (χ4n) is 3.27. The van der Waals surface area contributed by atoms with Gasteiger partial charge in [0.2, 0.25) is 5.69 Å². The van der Waals surface area contributed by atoms with Crippen LogP contribution >= 0.6 is 0 Å². The summed E-state index contributed by atoms with van der Waals surface area (Å²) in [4.78, 5) is 0. The first kappa shape index (κ1) is 14.5. The predicted octanol–water partition coefficient (Wildman–Crippen LogP) is 4.57. The maximum Gasteiger partial charge on any atom is 0.212 e. The second kappa shape index (κ2) is 5.21. The molecule has 0 spiro atoms. The summed E-state index contributed by atoms with van der Waals surface area (Å²) in [5, 5.41) is 11.4. The summed E-state index contributed by atoms with van der Waals surface area (Å²) >= 11 is 0. The number of hydrogen-bond acceptors (Lipinski definition) is 2. The Balaban J connectivity index is 2.08. The van der Waals surface area contributed by atoms with Gasteiger partial charge in [0.05, 0.1) is 11.6 Å². The van der Waals surface area contributed by atoms with Crippen molar-refractivity contribution < 1.29 is 8.98 Å². The van der Waals surface area contributed by atoms with Crippen LogP contribution in [0.5, 0.6) is 0 Å². The molecule has 0 N–H and O–H groups in total. The van der Waals surface area contributed by atoms with Gasteiger partial charge in [-0.2, -0.15) is 5.26 Å². The van der Waals surface area contributed by atoms with Crippen molar-refractivity contribution in [2.24, 2.45) is 7.05 Å². The first-order valence-electron chi connectivity index (χ1n) is 7.91. The lowest BCUT2D eigenvalue weighted by Crippen LogP contribution is -2.30. The van der Waals surface area contributed by atoms with Crippen molar-refractivity contribution in [3.8, 4) is 17.3 Å². The normalized spacial score (nSPS) is 11.1. The fraction of sp³-hybridized carbons (Fsp3) is 0.143. The van der Waals surface area contributed by atoms with E-state index >= 15 is 0 Å². The summed E-state index contributed by atoms with van der Waals surface area (Å²) in [5.41, 5.74) is 6.81. The predicted molar refractivity (Wildman–Crippen MR) is 94.5 cm³/mol. The van der Waals surface area contributed by atoms with Crippen molar-refractivity contribution in [3.05, 3.63) is 65.4 Å². The third-order valence-corrected chi connectivity index (χ3v) is 4.61. The van der Waals surface area contributed by atoms with Gasteiger partial charge in [0.25, 0.3) is 0 Å². The summed E-state index contributed by atoms with van der Waals surface area (Å²) in [6.07, 6.45) is 2.05. The molecule has 3 nitrogen and oxygen atoms in total. The van der Waals surface area contributed by atoms with Gasteiger partial charge in [0, 0.05) is 28.5 Å².